The summed E-state index contributed by atoms with van der Waals surface area (Å²) in [6.07, 6.45) is 0. The molecule has 1 aromatic rings. The van der Waals surface area contributed by atoms with Crippen LogP contribution in [0.1, 0.15) is 19.4 Å². The summed E-state index contributed by atoms with van der Waals surface area (Å²) in [4.78, 5) is 5.01. The number of rotatable bonds is 3. The molecule has 1 heterocycles. The summed E-state index contributed by atoms with van der Waals surface area (Å²) in [5, 5.41) is 0.857. The van der Waals surface area contributed by atoms with Crippen LogP contribution in [0.5, 0.6) is 0 Å². The molecule has 0 unspecified atom stereocenters. The minimum atomic E-state index is 0.656. The Kier molecular flexibility index (Phi) is 5.07. The Morgan fingerprint density at radius 3 is 2.44 bits per heavy atom. The largest absolute Gasteiger partial charge is 0.298 e. The fourth-order valence-electron chi connectivity index (χ4n) is 2.33. The number of hydrogen-bond acceptors (Lipinski definition) is 2. The highest BCUT2D eigenvalue weighted by atomic mass is 79.9. The Morgan fingerprint density at radius 2 is 1.89 bits per heavy atom. The van der Waals surface area contributed by atoms with E-state index in [-0.39, 0.29) is 0 Å². The molecule has 18 heavy (non-hydrogen) atoms. The van der Waals surface area contributed by atoms with Gasteiger partial charge in [-0.15, -0.1) is 0 Å². The molecule has 2 rings (SSSR count). The van der Waals surface area contributed by atoms with E-state index in [0.29, 0.717) is 6.04 Å². The van der Waals surface area contributed by atoms with Crippen LogP contribution in [-0.4, -0.2) is 42.0 Å². The Hall–Kier alpha value is -0.0900. The Morgan fingerprint density at radius 1 is 1.22 bits per heavy atom. The number of hydrogen-bond donors (Lipinski definition) is 0. The third kappa shape index (κ3) is 3.70. The van der Waals surface area contributed by atoms with Crippen LogP contribution in [0.3, 0.4) is 0 Å². The molecule has 2 nitrogen and oxygen atoms in total. The average molecular weight is 332 g/mol. The number of benzene rings is 1. The predicted molar refractivity (Wildman–Crippen MR) is 81.1 cm³/mol. The van der Waals surface area contributed by atoms with Crippen molar-refractivity contribution < 1.29 is 0 Å². The first kappa shape index (κ1) is 14.3. The molecule has 0 saturated carbocycles. The van der Waals surface area contributed by atoms with Gasteiger partial charge in [0, 0.05) is 48.3 Å². The maximum Gasteiger partial charge on any atom is 0.0462 e. The standard InChI is InChI=1S/C14H20BrClN2/c1-11(2)18-7-5-17(6-8-18)10-12-3-4-13(15)9-14(12)16/h3-4,9,11H,5-8,10H2,1-2H3. The fraction of sp³-hybridized carbons (Fsp3) is 0.571. The van der Waals surface area contributed by atoms with Gasteiger partial charge in [0.25, 0.3) is 0 Å². The van der Waals surface area contributed by atoms with E-state index in [4.69, 9.17) is 11.6 Å². The van der Waals surface area contributed by atoms with E-state index in [1.165, 1.54) is 5.56 Å². The average Bonchev–Trinajstić information content (AvgIpc) is 2.33. The molecule has 1 aromatic carbocycles. The zero-order valence-corrected chi connectivity index (χ0v) is 13.3. The highest BCUT2D eigenvalue weighted by Gasteiger charge is 2.19. The molecule has 1 aliphatic heterocycles. The molecule has 0 aliphatic carbocycles. The highest BCUT2D eigenvalue weighted by Crippen LogP contribution is 2.23. The second kappa shape index (κ2) is 6.38. The molecule has 1 aliphatic rings. The maximum atomic E-state index is 6.26. The van der Waals surface area contributed by atoms with Crippen LogP contribution >= 0.6 is 27.5 Å². The van der Waals surface area contributed by atoms with Gasteiger partial charge < -0.3 is 0 Å². The number of piperazine rings is 1. The lowest BCUT2D eigenvalue weighted by Gasteiger charge is -2.37. The lowest BCUT2D eigenvalue weighted by atomic mass is 10.2. The molecule has 0 atom stereocenters. The predicted octanol–water partition coefficient (Wildman–Crippen LogP) is 3.63. The van der Waals surface area contributed by atoms with Gasteiger partial charge in [-0.25, -0.2) is 0 Å². The third-order valence-corrected chi connectivity index (χ3v) is 4.39. The lowest BCUT2D eigenvalue weighted by molar-refractivity contribution is 0.104. The van der Waals surface area contributed by atoms with Gasteiger partial charge in [0.2, 0.25) is 0 Å². The maximum absolute atomic E-state index is 6.26. The van der Waals surface area contributed by atoms with Crippen molar-refractivity contribution in [3.8, 4) is 0 Å². The Bertz CT molecular complexity index is 401. The van der Waals surface area contributed by atoms with Crippen LogP contribution < -0.4 is 0 Å². The van der Waals surface area contributed by atoms with Crippen LogP contribution in [0.2, 0.25) is 5.02 Å². The summed E-state index contributed by atoms with van der Waals surface area (Å²) in [6.45, 7) is 10.1. The molecule has 1 saturated heterocycles. The zero-order valence-electron chi connectivity index (χ0n) is 11.0. The van der Waals surface area contributed by atoms with E-state index in [1.54, 1.807) is 0 Å². The second-order valence-corrected chi connectivity index (χ2v) is 6.46. The summed E-state index contributed by atoms with van der Waals surface area (Å²) < 4.78 is 1.04. The third-order valence-electron chi connectivity index (χ3n) is 3.55. The van der Waals surface area contributed by atoms with Crippen LogP contribution in [-0.2, 0) is 6.54 Å². The molecule has 4 heteroatoms. The van der Waals surface area contributed by atoms with Crippen molar-refractivity contribution in [2.24, 2.45) is 0 Å². The molecule has 0 radical (unpaired) electrons. The fourth-order valence-corrected chi connectivity index (χ4v) is 3.06. The van der Waals surface area contributed by atoms with Crippen molar-refractivity contribution in [3.05, 3.63) is 33.3 Å². The molecule has 100 valence electrons. The van der Waals surface area contributed by atoms with Crippen molar-refractivity contribution in [2.75, 3.05) is 26.2 Å². The van der Waals surface area contributed by atoms with E-state index in [1.807, 2.05) is 6.07 Å². The molecule has 0 bridgehead atoms. The van der Waals surface area contributed by atoms with Crippen molar-refractivity contribution in [2.45, 2.75) is 26.4 Å². The first-order valence-electron chi connectivity index (χ1n) is 6.46. The molecule has 0 aromatic heterocycles. The van der Waals surface area contributed by atoms with Gasteiger partial charge >= 0.3 is 0 Å². The summed E-state index contributed by atoms with van der Waals surface area (Å²) in [5.74, 6) is 0. The van der Waals surface area contributed by atoms with E-state index < -0.39 is 0 Å². The highest BCUT2D eigenvalue weighted by molar-refractivity contribution is 9.10. The van der Waals surface area contributed by atoms with Crippen molar-refractivity contribution in [1.29, 1.82) is 0 Å². The van der Waals surface area contributed by atoms with E-state index in [0.717, 1.165) is 42.2 Å². The zero-order chi connectivity index (χ0) is 13.1. The number of halogens is 2. The Balaban J connectivity index is 1.91. The van der Waals surface area contributed by atoms with Crippen LogP contribution in [0.25, 0.3) is 0 Å². The van der Waals surface area contributed by atoms with Gasteiger partial charge in [-0.1, -0.05) is 33.6 Å². The van der Waals surface area contributed by atoms with E-state index in [2.05, 4.69) is 51.7 Å². The van der Waals surface area contributed by atoms with E-state index >= 15 is 0 Å². The summed E-state index contributed by atoms with van der Waals surface area (Å²) >= 11 is 9.70. The van der Waals surface area contributed by atoms with Crippen molar-refractivity contribution >= 4 is 27.5 Å². The first-order chi connectivity index (χ1) is 8.56. The second-order valence-electron chi connectivity index (χ2n) is 5.14. The van der Waals surface area contributed by atoms with Gasteiger partial charge in [-0.05, 0) is 31.5 Å². The quantitative estimate of drug-likeness (QED) is 0.834. The lowest BCUT2D eigenvalue weighted by Crippen LogP contribution is -2.48. The van der Waals surface area contributed by atoms with E-state index in [9.17, 15) is 0 Å². The van der Waals surface area contributed by atoms with Crippen LogP contribution in [0.4, 0.5) is 0 Å². The summed E-state index contributed by atoms with van der Waals surface area (Å²) in [7, 11) is 0. The van der Waals surface area contributed by atoms with Crippen LogP contribution in [0.15, 0.2) is 22.7 Å². The van der Waals surface area contributed by atoms with Crippen molar-refractivity contribution in [1.82, 2.24) is 9.80 Å². The monoisotopic (exact) mass is 330 g/mol. The van der Waals surface area contributed by atoms with Crippen LogP contribution in [0, 0.1) is 0 Å². The molecule has 0 N–H and O–H groups in total. The van der Waals surface area contributed by atoms with Gasteiger partial charge in [-0.2, -0.15) is 0 Å². The topological polar surface area (TPSA) is 6.48 Å². The molecular weight excluding hydrogens is 312 g/mol. The Labute approximate surface area is 123 Å². The molecular formula is C14H20BrClN2. The number of nitrogens with zero attached hydrogens (tertiary/aromatic N) is 2. The van der Waals surface area contributed by atoms with Gasteiger partial charge in [0.05, 0.1) is 0 Å². The molecule has 0 amide bonds. The summed E-state index contributed by atoms with van der Waals surface area (Å²) in [6, 6.07) is 6.80. The minimum Gasteiger partial charge on any atom is -0.298 e. The normalized spacial score (nSPS) is 18.5. The van der Waals surface area contributed by atoms with Gasteiger partial charge in [-0.3, -0.25) is 9.80 Å². The van der Waals surface area contributed by atoms with Crippen molar-refractivity contribution in [3.63, 3.8) is 0 Å². The molecule has 1 fully saturated rings. The van der Waals surface area contributed by atoms with Gasteiger partial charge in [0.15, 0.2) is 0 Å². The summed E-state index contributed by atoms with van der Waals surface area (Å²) in [5.41, 5.74) is 1.22. The first-order valence-corrected chi connectivity index (χ1v) is 7.63. The SMILES string of the molecule is CC(C)N1CCN(Cc2ccc(Br)cc2Cl)CC1. The van der Waals surface area contributed by atoms with Gasteiger partial charge in [0.1, 0.15) is 0 Å². The molecule has 0 spiro atoms. The smallest absolute Gasteiger partial charge is 0.0462 e. The minimum absolute atomic E-state index is 0.656.